The lowest BCUT2D eigenvalue weighted by Gasteiger charge is -1.94. The van der Waals surface area contributed by atoms with Gasteiger partial charge < -0.3 is 9.84 Å². The van der Waals surface area contributed by atoms with Crippen LogP contribution in [0.15, 0.2) is 23.2 Å². The molecule has 1 aromatic rings. The molecule has 1 rings (SSSR count). The van der Waals surface area contributed by atoms with E-state index in [0.29, 0.717) is 4.88 Å². The molecule has 6 heteroatoms. The van der Waals surface area contributed by atoms with E-state index in [1.165, 1.54) is 11.3 Å². The molecular weight excluding hydrogens is 216 g/mol. The van der Waals surface area contributed by atoms with Gasteiger partial charge in [-0.1, -0.05) is 6.07 Å². The number of aliphatic hydroxyl groups excluding tert-OH is 1. The van der Waals surface area contributed by atoms with Crippen LogP contribution in [0.25, 0.3) is 10.7 Å². The quantitative estimate of drug-likeness (QED) is 0.371. The first-order chi connectivity index (χ1) is 7.20. The molecule has 0 atom stereocenters. The Kier molecular flexibility index (Phi) is 3.83. The van der Waals surface area contributed by atoms with Crippen LogP contribution >= 0.6 is 11.3 Å². The second kappa shape index (κ2) is 5.12. The van der Waals surface area contributed by atoms with Crippen LogP contribution in [-0.2, 0) is 9.53 Å². The highest BCUT2D eigenvalue weighted by atomic mass is 32.1. The molecule has 1 N–H and O–H groups in total. The van der Waals surface area contributed by atoms with E-state index in [9.17, 15) is 9.90 Å². The molecule has 5 nitrogen and oxygen atoms in total. The molecule has 0 radical (unpaired) electrons. The number of carbonyl (C=O) groups is 1. The Morgan fingerprint density at radius 3 is 2.93 bits per heavy atom. The summed E-state index contributed by atoms with van der Waals surface area (Å²) in [5, 5.41) is 19.9. The molecule has 1 aromatic heterocycles. The molecule has 0 saturated heterocycles. The molecule has 0 aliphatic heterocycles. The number of rotatable bonds is 3. The van der Waals surface area contributed by atoms with Gasteiger partial charge in [-0.25, -0.2) is 4.79 Å². The lowest BCUT2D eigenvalue weighted by atomic mass is 10.3. The van der Waals surface area contributed by atoms with Crippen molar-refractivity contribution in [1.29, 1.82) is 5.39 Å². The number of diazo groups is 1. The number of hydrogen-bond donors (Lipinski definition) is 1. The summed E-state index contributed by atoms with van der Waals surface area (Å²) in [6.07, 6.45) is 0. The molecule has 0 bridgehead atoms. The third kappa shape index (κ3) is 2.54. The molecular formula is C9H9N2O3S+. The summed E-state index contributed by atoms with van der Waals surface area (Å²) in [5.41, 5.74) is -0.487. The van der Waals surface area contributed by atoms with Gasteiger partial charge >= 0.3 is 11.7 Å². The van der Waals surface area contributed by atoms with Gasteiger partial charge in [0.25, 0.3) is 0 Å². The maximum atomic E-state index is 11.2. The fourth-order valence-corrected chi connectivity index (χ4v) is 1.58. The Balaban J connectivity index is 3.05. The first kappa shape index (κ1) is 11.2. The maximum absolute atomic E-state index is 11.2. The average Bonchev–Trinajstić information content (AvgIpc) is 2.71. The molecule has 1 heterocycles. The molecule has 0 aromatic carbocycles. The molecule has 0 aliphatic carbocycles. The Morgan fingerprint density at radius 2 is 2.47 bits per heavy atom. The van der Waals surface area contributed by atoms with Crippen molar-refractivity contribution in [2.45, 2.75) is 6.92 Å². The second-order valence-corrected chi connectivity index (χ2v) is 3.44. The Bertz CT molecular complexity index is 417. The number of carbonyl (C=O) groups excluding carboxylic acids is 1. The van der Waals surface area contributed by atoms with Crippen molar-refractivity contribution >= 4 is 23.1 Å². The summed E-state index contributed by atoms with van der Waals surface area (Å²) in [6, 6.07) is 3.31. The van der Waals surface area contributed by atoms with Crippen LogP contribution < -0.4 is 0 Å². The predicted octanol–water partition coefficient (Wildman–Crippen LogP) is 2.39. The number of esters is 1. The largest absolute Gasteiger partial charge is 0.510 e. The van der Waals surface area contributed by atoms with E-state index >= 15 is 0 Å². The highest BCUT2D eigenvalue weighted by Crippen LogP contribution is 2.22. The fraction of sp³-hybridized carbons (Fsp3) is 0.222. The van der Waals surface area contributed by atoms with E-state index < -0.39 is 11.7 Å². The van der Waals surface area contributed by atoms with Gasteiger partial charge in [0, 0.05) is 0 Å². The first-order valence-corrected chi connectivity index (χ1v) is 5.08. The average molecular weight is 225 g/mol. The minimum absolute atomic E-state index is 0.148. The smallest absolute Gasteiger partial charge is 0.500 e. The SMILES string of the molecule is CCOC(=O)/C([N+]#N)=C(/O)c1cccs1. The molecule has 0 amide bonds. The normalized spacial score (nSPS) is 11.5. The van der Waals surface area contributed by atoms with Gasteiger partial charge in [-0.05, 0) is 18.4 Å². The first-order valence-electron chi connectivity index (χ1n) is 4.20. The zero-order chi connectivity index (χ0) is 11.3. The van der Waals surface area contributed by atoms with Crippen molar-refractivity contribution in [2.24, 2.45) is 0 Å². The molecule has 0 aliphatic rings. The molecule has 78 valence electrons. The van der Waals surface area contributed by atoms with Crippen molar-refractivity contribution in [2.75, 3.05) is 6.61 Å². The predicted molar refractivity (Wildman–Crippen MR) is 55.6 cm³/mol. The van der Waals surface area contributed by atoms with Crippen molar-refractivity contribution in [3.05, 3.63) is 33.1 Å². The van der Waals surface area contributed by atoms with Crippen LogP contribution in [0.4, 0.5) is 0 Å². The van der Waals surface area contributed by atoms with Gasteiger partial charge in [0.05, 0.1) is 11.5 Å². The summed E-state index contributed by atoms with van der Waals surface area (Å²) >= 11 is 1.22. The van der Waals surface area contributed by atoms with Crippen molar-refractivity contribution in [3.63, 3.8) is 0 Å². The van der Waals surface area contributed by atoms with E-state index in [-0.39, 0.29) is 12.4 Å². The molecule has 0 spiro atoms. The molecule has 15 heavy (non-hydrogen) atoms. The fourth-order valence-electron chi connectivity index (χ4n) is 0.914. The topological polar surface area (TPSA) is 74.7 Å². The third-order valence-electron chi connectivity index (χ3n) is 1.55. The summed E-state index contributed by atoms with van der Waals surface area (Å²) in [5.74, 6) is -1.24. The zero-order valence-corrected chi connectivity index (χ0v) is 8.82. The minimum Gasteiger partial charge on any atom is -0.500 e. The van der Waals surface area contributed by atoms with Gasteiger partial charge in [-0.3, -0.25) is 0 Å². The summed E-state index contributed by atoms with van der Waals surface area (Å²) in [6.45, 7) is 1.77. The minimum atomic E-state index is -0.856. The monoisotopic (exact) mass is 225 g/mol. The van der Waals surface area contributed by atoms with E-state index in [2.05, 4.69) is 9.71 Å². The molecule has 0 unspecified atom stereocenters. The Morgan fingerprint density at radius 1 is 1.73 bits per heavy atom. The van der Waals surface area contributed by atoms with E-state index in [4.69, 9.17) is 5.39 Å². The zero-order valence-electron chi connectivity index (χ0n) is 8.01. The summed E-state index contributed by atoms with van der Waals surface area (Å²) < 4.78 is 4.61. The van der Waals surface area contributed by atoms with Crippen LogP contribution in [0.2, 0.25) is 0 Å². The molecule has 0 saturated carbocycles. The van der Waals surface area contributed by atoms with Crippen LogP contribution in [0, 0.1) is 5.39 Å². The van der Waals surface area contributed by atoms with Gasteiger partial charge in [0.2, 0.25) is 11.2 Å². The van der Waals surface area contributed by atoms with Crippen LogP contribution in [0.5, 0.6) is 0 Å². The van der Waals surface area contributed by atoms with Crippen molar-refractivity contribution in [3.8, 4) is 0 Å². The Labute approximate surface area is 90.2 Å². The van der Waals surface area contributed by atoms with Gasteiger partial charge in [-0.2, -0.15) is 0 Å². The van der Waals surface area contributed by atoms with E-state index in [1.807, 2.05) is 0 Å². The Hall–Kier alpha value is -1.87. The summed E-state index contributed by atoms with van der Waals surface area (Å²) in [4.78, 5) is 14.4. The number of aliphatic hydroxyl groups is 1. The highest BCUT2D eigenvalue weighted by Gasteiger charge is 2.31. The van der Waals surface area contributed by atoms with Crippen LogP contribution in [-0.4, -0.2) is 17.7 Å². The van der Waals surface area contributed by atoms with Gasteiger partial charge in [0.15, 0.2) is 4.98 Å². The number of thiophene rings is 1. The number of nitrogens with zero attached hydrogens (tertiary/aromatic N) is 2. The third-order valence-corrected chi connectivity index (χ3v) is 2.42. The van der Waals surface area contributed by atoms with E-state index in [0.717, 1.165) is 0 Å². The van der Waals surface area contributed by atoms with Crippen molar-refractivity contribution < 1.29 is 14.6 Å². The maximum Gasteiger partial charge on any atom is 0.510 e. The van der Waals surface area contributed by atoms with Crippen LogP contribution in [0.3, 0.4) is 0 Å². The lowest BCUT2D eigenvalue weighted by Crippen LogP contribution is -2.07. The number of hydrogen-bond acceptors (Lipinski definition) is 5. The van der Waals surface area contributed by atoms with Gasteiger partial charge in [-0.15, -0.1) is 11.3 Å². The number of ether oxygens (including phenoxy) is 1. The standard InChI is InChI=1S/C9H8N2O3S/c1-2-14-9(13)7(11-10)8(12)6-4-3-5-15-6/h3-5H,2H2,1H3/p+1. The van der Waals surface area contributed by atoms with Gasteiger partial charge in [0.1, 0.15) is 0 Å². The molecule has 0 fully saturated rings. The van der Waals surface area contributed by atoms with E-state index in [1.54, 1.807) is 24.4 Å². The van der Waals surface area contributed by atoms with Crippen LogP contribution in [0.1, 0.15) is 11.8 Å². The summed E-state index contributed by atoms with van der Waals surface area (Å²) in [7, 11) is 0. The highest BCUT2D eigenvalue weighted by molar-refractivity contribution is 7.11. The lowest BCUT2D eigenvalue weighted by molar-refractivity contribution is -0.138. The van der Waals surface area contributed by atoms with Crippen molar-refractivity contribution in [1.82, 2.24) is 0 Å². The second-order valence-electron chi connectivity index (χ2n) is 2.49.